The summed E-state index contributed by atoms with van der Waals surface area (Å²) in [7, 11) is 0. The van der Waals surface area contributed by atoms with Gasteiger partial charge < -0.3 is 19.6 Å². The quantitative estimate of drug-likeness (QED) is 0.770. The molecule has 19 heavy (non-hydrogen) atoms. The van der Waals surface area contributed by atoms with Gasteiger partial charge in [0.1, 0.15) is 6.54 Å². The summed E-state index contributed by atoms with van der Waals surface area (Å²) in [5.41, 5.74) is 0. The maximum atomic E-state index is 12.5. The highest BCUT2D eigenvalue weighted by molar-refractivity contribution is 5.80. The van der Waals surface area contributed by atoms with Crippen molar-refractivity contribution in [2.24, 2.45) is 0 Å². The second-order valence-corrected chi connectivity index (χ2v) is 4.95. The number of fused-ring (bicyclic) bond motifs is 1. The van der Waals surface area contributed by atoms with Crippen molar-refractivity contribution in [3.05, 3.63) is 12.7 Å². The molecular weight excluding hydrogens is 248 g/mol. The first-order valence-corrected chi connectivity index (χ1v) is 6.63. The van der Waals surface area contributed by atoms with Gasteiger partial charge in [-0.2, -0.15) is 0 Å². The molecule has 106 valence electrons. The number of carbonyl (C=O) groups excluding carboxylic acids is 1. The second-order valence-electron chi connectivity index (χ2n) is 4.95. The lowest BCUT2D eigenvalue weighted by molar-refractivity contribution is -0.137. The number of morpholine rings is 1. The predicted octanol–water partition coefficient (Wildman–Crippen LogP) is 0.932. The molecule has 1 aliphatic heterocycles. The number of carboxylic acids is 1. The largest absolute Gasteiger partial charge is 0.480 e. The van der Waals surface area contributed by atoms with E-state index in [2.05, 4.69) is 6.58 Å². The first-order chi connectivity index (χ1) is 9.13. The van der Waals surface area contributed by atoms with Gasteiger partial charge in [0.05, 0.1) is 18.8 Å². The summed E-state index contributed by atoms with van der Waals surface area (Å²) in [5.74, 6) is -1.01. The smallest absolute Gasteiger partial charge is 0.323 e. The first-order valence-electron chi connectivity index (χ1n) is 6.63. The Bertz CT molecular complexity index is 372. The molecule has 1 saturated carbocycles. The minimum atomic E-state index is -1.01. The third kappa shape index (κ3) is 3.07. The van der Waals surface area contributed by atoms with Crippen LogP contribution in [0.3, 0.4) is 0 Å². The van der Waals surface area contributed by atoms with Crippen LogP contribution in [0.4, 0.5) is 4.79 Å². The van der Waals surface area contributed by atoms with Gasteiger partial charge in [-0.1, -0.05) is 6.08 Å². The Morgan fingerprint density at radius 3 is 2.95 bits per heavy atom. The molecule has 1 aliphatic carbocycles. The van der Waals surface area contributed by atoms with E-state index in [1.807, 2.05) is 0 Å². The maximum Gasteiger partial charge on any atom is 0.323 e. The molecule has 2 aliphatic rings. The Labute approximate surface area is 112 Å². The van der Waals surface area contributed by atoms with E-state index in [0.29, 0.717) is 13.2 Å². The van der Waals surface area contributed by atoms with Crippen molar-refractivity contribution in [1.82, 2.24) is 9.80 Å². The predicted molar refractivity (Wildman–Crippen MR) is 68.9 cm³/mol. The van der Waals surface area contributed by atoms with Crippen LogP contribution in [-0.2, 0) is 9.53 Å². The van der Waals surface area contributed by atoms with E-state index < -0.39 is 5.97 Å². The zero-order valence-corrected chi connectivity index (χ0v) is 11.0. The van der Waals surface area contributed by atoms with Gasteiger partial charge in [-0.3, -0.25) is 4.79 Å². The molecule has 0 spiro atoms. The summed E-state index contributed by atoms with van der Waals surface area (Å²) >= 11 is 0. The topological polar surface area (TPSA) is 70.1 Å². The van der Waals surface area contributed by atoms with Crippen molar-refractivity contribution in [1.29, 1.82) is 0 Å². The molecule has 6 heteroatoms. The molecule has 1 heterocycles. The third-order valence-electron chi connectivity index (χ3n) is 3.67. The highest BCUT2D eigenvalue weighted by Crippen LogP contribution is 2.30. The second kappa shape index (κ2) is 6.06. The van der Waals surface area contributed by atoms with E-state index >= 15 is 0 Å². The first kappa shape index (κ1) is 13.9. The number of hydrogen-bond acceptors (Lipinski definition) is 3. The van der Waals surface area contributed by atoms with Gasteiger partial charge in [0, 0.05) is 13.1 Å². The van der Waals surface area contributed by atoms with Gasteiger partial charge >= 0.3 is 12.0 Å². The van der Waals surface area contributed by atoms with Crippen LogP contribution in [0, 0.1) is 0 Å². The van der Waals surface area contributed by atoms with Crippen molar-refractivity contribution in [2.45, 2.75) is 31.4 Å². The number of nitrogens with zero attached hydrogens (tertiary/aromatic N) is 2. The molecule has 0 bridgehead atoms. The van der Waals surface area contributed by atoms with Gasteiger partial charge in [-0.15, -0.1) is 6.58 Å². The van der Waals surface area contributed by atoms with Crippen molar-refractivity contribution in [3.63, 3.8) is 0 Å². The Morgan fingerprint density at radius 2 is 2.26 bits per heavy atom. The average Bonchev–Trinajstić information content (AvgIpc) is 2.85. The van der Waals surface area contributed by atoms with Crippen LogP contribution in [0.5, 0.6) is 0 Å². The SMILES string of the molecule is C=CCN(CC(=O)O)C(=O)N1CCOC2CCCC21. The number of carboxylic acid groups (broad SMARTS) is 1. The molecule has 0 aromatic heterocycles. The van der Waals surface area contributed by atoms with Gasteiger partial charge in [-0.05, 0) is 19.3 Å². The van der Waals surface area contributed by atoms with Gasteiger partial charge in [0.25, 0.3) is 0 Å². The summed E-state index contributed by atoms with van der Waals surface area (Å²) in [5, 5.41) is 8.87. The average molecular weight is 268 g/mol. The van der Waals surface area contributed by atoms with E-state index in [-0.39, 0.29) is 31.3 Å². The van der Waals surface area contributed by atoms with Gasteiger partial charge in [0.15, 0.2) is 0 Å². The fourth-order valence-electron chi connectivity index (χ4n) is 2.87. The van der Waals surface area contributed by atoms with Crippen molar-refractivity contribution in [2.75, 3.05) is 26.2 Å². The third-order valence-corrected chi connectivity index (χ3v) is 3.67. The molecule has 2 atom stereocenters. The molecule has 0 aromatic carbocycles. The van der Waals surface area contributed by atoms with E-state index in [9.17, 15) is 9.59 Å². The molecule has 0 aromatic rings. The van der Waals surface area contributed by atoms with Crippen LogP contribution >= 0.6 is 0 Å². The number of hydrogen-bond donors (Lipinski definition) is 1. The molecule has 6 nitrogen and oxygen atoms in total. The standard InChI is InChI=1S/C13H20N2O4/c1-2-6-14(9-12(16)17)13(18)15-7-8-19-11-5-3-4-10(11)15/h2,10-11H,1,3-9H2,(H,16,17). The van der Waals surface area contributed by atoms with Crippen molar-refractivity contribution in [3.8, 4) is 0 Å². The van der Waals surface area contributed by atoms with Crippen LogP contribution in [0.15, 0.2) is 12.7 Å². The van der Waals surface area contributed by atoms with Crippen LogP contribution in [0.1, 0.15) is 19.3 Å². The number of ether oxygens (including phenoxy) is 1. The van der Waals surface area contributed by atoms with Crippen LogP contribution in [0.25, 0.3) is 0 Å². The monoisotopic (exact) mass is 268 g/mol. The van der Waals surface area contributed by atoms with Gasteiger partial charge in [0.2, 0.25) is 0 Å². The highest BCUT2D eigenvalue weighted by atomic mass is 16.5. The maximum absolute atomic E-state index is 12.5. The number of aliphatic carboxylic acids is 1. The molecule has 1 N–H and O–H groups in total. The molecule has 1 saturated heterocycles. The minimum Gasteiger partial charge on any atom is -0.480 e. The fraction of sp³-hybridized carbons (Fsp3) is 0.692. The summed E-state index contributed by atoms with van der Waals surface area (Å²) < 4.78 is 5.65. The Balaban J connectivity index is 2.06. The van der Waals surface area contributed by atoms with Crippen LogP contribution in [-0.4, -0.2) is 65.3 Å². The minimum absolute atomic E-state index is 0.0994. The van der Waals surface area contributed by atoms with E-state index in [4.69, 9.17) is 9.84 Å². The number of carbonyl (C=O) groups is 2. The van der Waals surface area contributed by atoms with E-state index in [1.54, 1.807) is 11.0 Å². The molecule has 2 fully saturated rings. The zero-order chi connectivity index (χ0) is 13.8. The lowest BCUT2D eigenvalue weighted by Gasteiger charge is -2.39. The summed E-state index contributed by atoms with van der Waals surface area (Å²) in [4.78, 5) is 26.4. The normalized spacial score (nSPS) is 25.8. The van der Waals surface area contributed by atoms with Crippen molar-refractivity contribution >= 4 is 12.0 Å². The molecular formula is C13H20N2O4. The Morgan fingerprint density at radius 1 is 1.47 bits per heavy atom. The summed E-state index contributed by atoms with van der Waals surface area (Å²) in [6.45, 7) is 4.59. The fourth-order valence-corrected chi connectivity index (χ4v) is 2.87. The van der Waals surface area contributed by atoms with E-state index in [1.165, 1.54) is 4.90 Å². The van der Waals surface area contributed by atoms with Crippen LogP contribution < -0.4 is 0 Å². The summed E-state index contributed by atoms with van der Waals surface area (Å²) in [6, 6.07) is -0.120. The highest BCUT2D eigenvalue weighted by Gasteiger charge is 2.39. The molecule has 2 rings (SSSR count). The lowest BCUT2D eigenvalue weighted by Crippen LogP contribution is -2.56. The Hall–Kier alpha value is -1.56. The number of amides is 2. The van der Waals surface area contributed by atoms with Crippen LogP contribution in [0.2, 0.25) is 0 Å². The summed E-state index contributed by atoms with van der Waals surface area (Å²) in [6.07, 6.45) is 4.64. The zero-order valence-electron chi connectivity index (χ0n) is 11.0. The molecule has 2 unspecified atom stereocenters. The number of rotatable bonds is 4. The van der Waals surface area contributed by atoms with E-state index in [0.717, 1.165) is 19.3 Å². The lowest BCUT2D eigenvalue weighted by atomic mass is 10.1. The van der Waals surface area contributed by atoms with Crippen molar-refractivity contribution < 1.29 is 19.4 Å². The molecule has 2 amide bonds. The van der Waals surface area contributed by atoms with Gasteiger partial charge in [-0.25, -0.2) is 4.79 Å². The number of urea groups is 1. The Kier molecular flexibility index (Phi) is 4.42. The molecule has 0 radical (unpaired) electrons.